The summed E-state index contributed by atoms with van der Waals surface area (Å²) in [7, 11) is 0. The standard InChI is InChI=1S/C6H5ClN2S/c1-2-5-9-6(7)4(3-8)10-5/h2H2,1H3. The normalized spacial score (nSPS) is 9.30. The minimum atomic E-state index is 0.337. The molecule has 0 aliphatic heterocycles. The van der Waals surface area contributed by atoms with Gasteiger partial charge in [0.05, 0.1) is 5.01 Å². The highest BCUT2D eigenvalue weighted by Crippen LogP contribution is 2.21. The van der Waals surface area contributed by atoms with Crippen molar-refractivity contribution in [1.29, 1.82) is 5.26 Å². The second-order valence-electron chi connectivity index (χ2n) is 1.69. The zero-order valence-corrected chi connectivity index (χ0v) is 6.96. The molecule has 0 radical (unpaired) electrons. The van der Waals surface area contributed by atoms with E-state index in [0.29, 0.717) is 10.0 Å². The Morgan fingerprint density at radius 3 is 2.80 bits per heavy atom. The largest absolute Gasteiger partial charge is 0.228 e. The number of aromatic nitrogens is 1. The van der Waals surface area contributed by atoms with Crippen LogP contribution in [0.5, 0.6) is 0 Å². The molecule has 0 atom stereocenters. The summed E-state index contributed by atoms with van der Waals surface area (Å²) < 4.78 is 0. The Kier molecular flexibility index (Phi) is 2.25. The third-order valence-corrected chi connectivity index (χ3v) is 2.52. The Hall–Kier alpha value is -0.590. The highest BCUT2D eigenvalue weighted by molar-refractivity contribution is 7.12. The van der Waals surface area contributed by atoms with Crippen LogP contribution < -0.4 is 0 Å². The van der Waals surface area contributed by atoms with E-state index in [1.807, 2.05) is 13.0 Å². The predicted octanol–water partition coefficient (Wildman–Crippen LogP) is 2.23. The van der Waals surface area contributed by atoms with E-state index in [4.69, 9.17) is 16.9 Å². The lowest BCUT2D eigenvalue weighted by Gasteiger charge is -1.78. The summed E-state index contributed by atoms with van der Waals surface area (Å²) in [4.78, 5) is 4.47. The molecule has 0 amide bonds. The van der Waals surface area contributed by atoms with Gasteiger partial charge in [0, 0.05) is 0 Å². The monoisotopic (exact) mass is 172 g/mol. The van der Waals surface area contributed by atoms with Crippen molar-refractivity contribution in [2.24, 2.45) is 0 Å². The fourth-order valence-electron chi connectivity index (χ4n) is 0.563. The van der Waals surface area contributed by atoms with E-state index >= 15 is 0 Å². The maximum absolute atomic E-state index is 8.46. The Morgan fingerprint density at radius 2 is 2.50 bits per heavy atom. The molecule has 0 saturated carbocycles. The number of hydrogen-bond donors (Lipinski definition) is 0. The molecule has 0 N–H and O–H groups in total. The predicted molar refractivity (Wildman–Crippen MR) is 41.2 cm³/mol. The zero-order valence-electron chi connectivity index (χ0n) is 5.39. The second-order valence-corrected chi connectivity index (χ2v) is 3.13. The topological polar surface area (TPSA) is 36.7 Å². The molecule has 1 aromatic rings. The van der Waals surface area contributed by atoms with Gasteiger partial charge in [-0.15, -0.1) is 11.3 Å². The van der Waals surface area contributed by atoms with Crippen molar-refractivity contribution in [2.45, 2.75) is 13.3 Å². The van der Waals surface area contributed by atoms with E-state index in [0.717, 1.165) is 11.4 Å². The van der Waals surface area contributed by atoms with Gasteiger partial charge in [-0.1, -0.05) is 18.5 Å². The summed E-state index contributed by atoms with van der Waals surface area (Å²) in [5, 5.41) is 9.72. The molecule has 0 saturated heterocycles. The molecule has 0 aliphatic rings. The SMILES string of the molecule is CCc1nc(Cl)c(C#N)s1. The number of nitrogens with zero attached hydrogens (tertiary/aromatic N) is 2. The van der Waals surface area contributed by atoms with Gasteiger partial charge < -0.3 is 0 Å². The zero-order chi connectivity index (χ0) is 7.56. The summed E-state index contributed by atoms with van der Waals surface area (Å²) in [5.74, 6) is 0. The average molecular weight is 173 g/mol. The highest BCUT2D eigenvalue weighted by atomic mass is 35.5. The maximum atomic E-state index is 8.46. The van der Waals surface area contributed by atoms with E-state index in [9.17, 15) is 0 Å². The fraction of sp³-hybridized carbons (Fsp3) is 0.333. The molecule has 0 aliphatic carbocycles. The number of aryl methyl sites for hydroxylation is 1. The quantitative estimate of drug-likeness (QED) is 0.652. The first-order valence-corrected chi connectivity index (χ1v) is 4.02. The molecule has 2 nitrogen and oxygen atoms in total. The van der Waals surface area contributed by atoms with Gasteiger partial charge in [0.1, 0.15) is 10.9 Å². The first-order valence-electron chi connectivity index (χ1n) is 2.83. The first kappa shape index (κ1) is 7.52. The number of rotatable bonds is 1. The Balaban J connectivity index is 3.07. The van der Waals surface area contributed by atoms with Crippen LogP contribution in [0, 0.1) is 11.3 Å². The third-order valence-electron chi connectivity index (χ3n) is 1.03. The lowest BCUT2D eigenvalue weighted by Crippen LogP contribution is -1.73. The van der Waals surface area contributed by atoms with E-state index in [2.05, 4.69) is 4.98 Å². The van der Waals surface area contributed by atoms with Gasteiger partial charge in [0.2, 0.25) is 0 Å². The maximum Gasteiger partial charge on any atom is 0.158 e. The summed E-state index contributed by atoms with van der Waals surface area (Å²) in [5.41, 5.74) is 0. The van der Waals surface area contributed by atoms with Crippen LogP contribution in [-0.2, 0) is 6.42 Å². The van der Waals surface area contributed by atoms with Crippen LogP contribution in [0.2, 0.25) is 5.15 Å². The van der Waals surface area contributed by atoms with Crippen molar-refractivity contribution in [1.82, 2.24) is 4.98 Å². The minimum absolute atomic E-state index is 0.337. The molecule has 0 bridgehead atoms. The Labute approximate surface area is 68.1 Å². The third kappa shape index (κ3) is 1.28. The van der Waals surface area contributed by atoms with Crippen molar-refractivity contribution >= 4 is 22.9 Å². The van der Waals surface area contributed by atoms with Crippen LogP contribution >= 0.6 is 22.9 Å². The van der Waals surface area contributed by atoms with Crippen molar-refractivity contribution in [3.05, 3.63) is 15.0 Å². The summed E-state index contributed by atoms with van der Waals surface area (Å²) in [6, 6.07) is 1.97. The molecule has 0 spiro atoms. The molecule has 1 heterocycles. The highest BCUT2D eigenvalue weighted by Gasteiger charge is 2.05. The molecule has 0 unspecified atom stereocenters. The molecule has 1 rings (SSSR count). The van der Waals surface area contributed by atoms with Crippen LogP contribution in [0.4, 0.5) is 0 Å². The van der Waals surface area contributed by atoms with Crippen LogP contribution in [0.25, 0.3) is 0 Å². The molecule has 0 aromatic carbocycles. The van der Waals surface area contributed by atoms with E-state index < -0.39 is 0 Å². The fourth-order valence-corrected chi connectivity index (χ4v) is 1.57. The van der Waals surface area contributed by atoms with Crippen LogP contribution in [0.1, 0.15) is 16.8 Å². The van der Waals surface area contributed by atoms with Crippen molar-refractivity contribution in [3.63, 3.8) is 0 Å². The molecule has 52 valence electrons. The molecule has 4 heteroatoms. The first-order chi connectivity index (χ1) is 4.77. The van der Waals surface area contributed by atoms with Gasteiger partial charge >= 0.3 is 0 Å². The summed E-state index contributed by atoms with van der Waals surface area (Å²) >= 11 is 6.96. The summed E-state index contributed by atoms with van der Waals surface area (Å²) in [6.07, 6.45) is 0.839. The van der Waals surface area contributed by atoms with Gasteiger partial charge in [-0.2, -0.15) is 5.26 Å². The van der Waals surface area contributed by atoms with Crippen molar-refractivity contribution in [2.75, 3.05) is 0 Å². The number of halogens is 1. The van der Waals surface area contributed by atoms with E-state index in [1.54, 1.807) is 0 Å². The smallest absolute Gasteiger partial charge is 0.158 e. The van der Waals surface area contributed by atoms with Crippen molar-refractivity contribution in [3.8, 4) is 6.07 Å². The lowest BCUT2D eigenvalue weighted by molar-refractivity contribution is 1.09. The summed E-state index contributed by atoms with van der Waals surface area (Å²) in [6.45, 7) is 1.98. The van der Waals surface area contributed by atoms with Gasteiger partial charge in [-0.05, 0) is 6.42 Å². The molecular formula is C6H5ClN2S. The molecule has 0 fully saturated rings. The van der Waals surface area contributed by atoms with Crippen LogP contribution in [0.3, 0.4) is 0 Å². The van der Waals surface area contributed by atoms with Crippen molar-refractivity contribution < 1.29 is 0 Å². The lowest BCUT2D eigenvalue weighted by atomic mass is 10.5. The van der Waals surface area contributed by atoms with E-state index in [-0.39, 0.29) is 0 Å². The average Bonchev–Trinajstić information content (AvgIpc) is 2.30. The molecule has 10 heavy (non-hydrogen) atoms. The number of thiazole rings is 1. The molecule has 1 aromatic heterocycles. The van der Waals surface area contributed by atoms with Crippen LogP contribution in [0.15, 0.2) is 0 Å². The van der Waals surface area contributed by atoms with Crippen LogP contribution in [-0.4, -0.2) is 4.98 Å². The van der Waals surface area contributed by atoms with E-state index in [1.165, 1.54) is 11.3 Å². The Bertz CT molecular complexity index is 274. The van der Waals surface area contributed by atoms with Gasteiger partial charge in [-0.3, -0.25) is 0 Å². The second kappa shape index (κ2) is 3.00. The van der Waals surface area contributed by atoms with Gasteiger partial charge in [0.15, 0.2) is 5.15 Å². The number of hydrogen-bond acceptors (Lipinski definition) is 3. The Morgan fingerprint density at radius 1 is 1.80 bits per heavy atom. The molecular weight excluding hydrogens is 168 g/mol. The van der Waals surface area contributed by atoms with Gasteiger partial charge in [-0.25, -0.2) is 4.98 Å². The minimum Gasteiger partial charge on any atom is -0.228 e. The van der Waals surface area contributed by atoms with Gasteiger partial charge in [0.25, 0.3) is 0 Å². The number of nitriles is 1.